The molecule has 1 fully saturated rings. The monoisotopic (exact) mass is 122 g/mol. The Morgan fingerprint density at radius 1 is 1.44 bits per heavy atom. The average Bonchev–Trinajstić information content (AvgIpc) is 1.57. The summed E-state index contributed by atoms with van der Waals surface area (Å²) in [5.41, 5.74) is 1.31. The van der Waals surface area contributed by atoms with Crippen molar-refractivity contribution in [1.29, 1.82) is 0 Å². The number of hydrogen-bond donors (Lipinski definition) is 0. The minimum absolute atomic E-state index is 0.370. The summed E-state index contributed by atoms with van der Waals surface area (Å²) >= 11 is 0. The number of rotatable bonds is 0. The molecule has 48 valence electrons. The first kappa shape index (κ1) is 5.21. The number of carbonyl (C=O) groups is 1. The van der Waals surface area contributed by atoms with E-state index in [1.54, 1.807) is 0 Å². The Kier molecular flexibility index (Phi) is 0.850. The molecule has 1 heteroatoms. The molecule has 0 N–H and O–H groups in total. The van der Waals surface area contributed by atoms with Crippen LogP contribution in [0.5, 0.6) is 0 Å². The standard InChI is InChI=1S/C8H10O/c1-5-2-8(9)7-3-6(5)4-7/h2,6-7H,3-4H2,1H3. The van der Waals surface area contributed by atoms with E-state index in [2.05, 4.69) is 6.92 Å². The Balaban J connectivity index is 2.34. The summed E-state index contributed by atoms with van der Waals surface area (Å²) in [5.74, 6) is 1.56. The molecule has 0 aromatic heterocycles. The molecule has 3 aliphatic rings. The second kappa shape index (κ2) is 1.47. The Morgan fingerprint density at radius 3 is 2.44 bits per heavy atom. The van der Waals surface area contributed by atoms with Gasteiger partial charge in [-0.3, -0.25) is 4.79 Å². The van der Waals surface area contributed by atoms with Crippen LogP contribution in [0.4, 0.5) is 0 Å². The molecule has 0 atom stereocenters. The molecule has 0 radical (unpaired) electrons. The van der Waals surface area contributed by atoms with Gasteiger partial charge in [0.1, 0.15) is 0 Å². The molecule has 0 aromatic carbocycles. The van der Waals surface area contributed by atoms with Gasteiger partial charge in [0, 0.05) is 5.92 Å². The normalized spacial score (nSPS) is 39.7. The van der Waals surface area contributed by atoms with Crippen LogP contribution < -0.4 is 0 Å². The van der Waals surface area contributed by atoms with Crippen molar-refractivity contribution in [3.05, 3.63) is 11.6 Å². The third-order valence-electron chi connectivity index (χ3n) is 2.55. The van der Waals surface area contributed by atoms with Crippen LogP contribution in [0.15, 0.2) is 11.6 Å². The first-order valence-electron chi connectivity index (χ1n) is 3.49. The lowest BCUT2D eigenvalue weighted by Crippen LogP contribution is -2.34. The van der Waals surface area contributed by atoms with Crippen LogP contribution in [0.25, 0.3) is 0 Å². The van der Waals surface area contributed by atoms with Gasteiger partial charge in [-0.15, -0.1) is 0 Å². The molecule has 2 bridgehead atoms. The molecule has 0 saturated heterocycles. The molecule has 0 heterocycles. The molecule has 1 saturated carbocycles. The van der Waals surface area contributed by atoms with Gasteiger partial charge in [0.25, 0.3) is 0 Å². The second-order valence-electron chi connectivity index (χ2n) is 3.16. The van der Waals surface area contributed by atoms with E-state index in [9.17, 15) is 4.79 Å². The maximum atomic E-state index is 11.0. The molecular weight excluding hydrogens is 112 g/mol. The maximum Gasteiger partial charge on any atom is 0.158 e. The van der Waals surface area contributed by atoms with Crippen molar-refractivity contribution in [2.24, 2.45) is 11.8 Å². The van der Waals surface area contributed by atoms with E-state index in [1.807, 2.05) is 6.08 Å². The van der Waals surface area contributed by atoms with E-state index in [4.69, 9.17) is 0 Å². The van der Waals surface area contributed by atoms with E-state index < -0.39 is 0 Å². The molecule has 0 unspecified atom stereocenters. The van der Waals surface area contributed by atoms with Gasteiger partial charge in [-0.1, -0.05) is 5.57 Å². The third kappa shape index (κ3) is 0.576. The highest BCUT2D eigenvalue weighted by Gasteiger charge is 2.38. The van der Waals surface area contributed by atoms with Crippen molar-refractivity contribution in [2.75, 3.05) is 0 Å². The fraction of sp³-hybridized carbons (Fsp3) is 0.625. The van der Waals surface area contributed by atoms with Crippen LogP contribution in [-0.2, 0) is 4.79 Å². The zero-order valence-corrected chi connectivity index (χ0v) is 5.55. The first-order valence-corrected chi connectivity index (χ1v) is 3.49. The highest BCUT2D eigenvalue weighted by atomic mass is 16.1. The molecule has 3 aliphatic carbocycles. The average molecular weight is 122 g/mol. The molecule has 9 heavy (non-hydrogen) atoms. The lowest BCUT2D eigenvalue weighted by atomic mass is 9.65. The second-order valence-corrected chi connectivity index (χ2v) is 3.16. The van der Waals surface area contributed by atoms with Crippen LogP contribution in [0.3, 0.4) is 0 Å². The molecule has 0 aliphatic heterocycles. The predicted molar refractivity (Wildman–Crippen MR) is 35.0 cm³/mol. The van der Waals surface area contributed by atoms with Crippen molar-refractivity contribution in [1.82, 2.24) is 0 Å². The summed E-state index contributed by atoms with van der Waals surface area (Å²) in [4.78, 5) is 11.0. The quantitative estimate of drug-likeness (QED) is 0.476. The van der Waals surface area contributed by atoms with E-state index in [0.717, 1.165) is 18.8 Å². The number of carbonyl (C=O) groups excluding carboxylic acids is 1. The van der Waals surface area contributed by atoms with Crippen molar-refractivity contribution in [3.8, 4) is 0 Å². The Labute approximate surface area is 54.8 Å². The van der Waals surface area contributed by atoms with Gasteiger partial charge < -0.3 is 0 Å². The Morgan fingerprint density at radius 2 is 2.11 bits per heavy atom. The van der Waals surface area contributed by atoms with Gasteiger partial charge in [0.05, 0.1) is 0 Å². The number of allylic oxidation sites excluding steroid dienone is 2. The zero-order valence-electron chi connectivity index (χ0n) is 5.55. The minimum Gasteiger partial charge on any atom is -0.295 e. The number of hydrogen-bond acceptors (Lipinski definition) is 1. The van der Waals surface area contributed by atoms with Crippen LogP contribution in [0.2, 0.25) is 0 Å². The number of fused-ring (bicyclic) bond motifs is 1. The zero-order chi connectivity index (χ0) is 6.43. The highest BCUT2D eigenvalue weighted by Crippen LogP contribution is 2.43. The summed E-state index contributed by atoms with van der Waals surface area (Å²) in [6.07, 6.45) is 4.10. The largest absolute Gasteiger partial charge is 0.295 e. The number of ketones is 1. The van der Waals surface area contributed by atoms with Crippen molar-refractivity contribution < 1.29 is 4.79 Å². The predicted octanol–water partition coefficient (Wildman–Crippen LogP) is 1.54. The smallest absolute Gasteiger partial charge is 0.158 e. The highest BCUT2D eigenvalue weighted by molar-refractivity contribution is 5.94. The summed E-state index contributed by atoms with van der Waals surface area (Å²) in [7, 11) is 0. The summed E-state index contributed by atoms with van der Waals surface area (Å²) in [5, 5.41) is 0. The topological polar surface area (TPSA) is 17.1 Å². The Bertz CT molecular complexity index is 185. The molecule has 3 rings (SSSR count). The van der Waals surface area contributed by atoms with Gasteiger partial charge in [0.2, 0.25) is 0 Å². The molecule has 0 amide bonds. The fourth-order valence-electron chi connectivity index (χ4n) is 1.68. The maximum absolute atomic E-state index is 11.0. The van der Waals surface area contributed by atoms with Gasteiger partial charge in [0.15, 0.2) is 5.78 Å². The Hall–Kier alpha value is -0.590. The van der Waals surface area contributed by atoms with E-state index >= 15 is 0 Å². The van der Waals surface area contributed by atoms with Crippen LogP contribution >= 0.6 is 0 Å². The van der Waals surface area contributed by atoms with E-state index in [-0.39, 0.29) is 0 Å². The third-order valence-corrected chi connectivity index (χ3v) is 2.55. The van der Waals surface area contributed by atoms with E-state index in [1.165, 1.54) is 5.57 Å². The molecule has 0 spiro atoms. The fourth-order valence-corrected chi connectivity index (χ4v) is 1.68. The van der Waals surface area contributed by atoms with Gasteiger partial charge in [-0.25, -0.2) is 0 Å². The van der Waals surface area contributed by atoms with Crippen LogP contribution in [0, 0.1) is 11.8 Å². The lowest BCUT2D eigenvalue weighted by Gasteiger charge is -2.38. The van der Waals surface area contributed by atoms with Crippen molar-refractivity contribution >= 4 is 5.78 Å². The molecule has 1 nitrogen and oxygen atoms in total. The minimum atomic E-state index is 0.370. The summed E-state index contributed by atoms with van der Waals surface area (Å²) in [6.45, 7) is 2.07. The summed E-state index contributed by atoms with van der Waals surface area (Å²) in [6, 6.07) is 0. The van der Waals surface area contributed by atoms with Gasteiger partial charge in [-0.2, -0.15) is 0 Å². The van der Waals surface area contributed by atoms with Crippen LogP contribution in [-0.4, -0.2) is 5.78 Å². The SMILES string of the molecule is CC1=CC(=O)C2CC1C2. The van der Waals surface area contributed by atoms with Crippen LogP contribution in [0.1, 0.15) is 19.8 Å². The van der Waals surface area contributed by atoms with E-state index in [0.29, 0.717) is 11.7 Å². The first-order chi connectivity index (χ1) is 4.27. The van der Waals surface area contributed by atoms with Crippen molar-refractivity contribution in [2.45, 2.75) is 19.8 Å². The van der Waals surface area contributed by atoms with Gasteiger partial charge in [-0.05, 0) is 31.8 Å². The summed E-state index contributed by atoms with van der Waals surface area (Å²) < 4.78 is 0. The molecule has 0 aromatic rings. The van der Waals surface area contributed by atoms with Gasteiger partial charge >= 0.3 is 0 Å². The molecular formula is C8H10O. The van der Waals surface area contributed by atoms with Crippen molar-refractivity contribution in [3.63, 3.8) is 0 Å². The lowest BCUT2D eigenvalue weighted by molar-refractivity contribution is -0.122.